The molecule has 7 heteroatoms. The lowest BCUT2D eigenvalue weighted by Gasteiger charge is -2.29. The highest BCUT2D eigenvalue weighted by atomic mass is 32.2. The fraction of sp³-hybridized carbons (Fsp3) is 0.417. The highest BCUT2D eigenvalue weighted by molar-refractivity contribution is 7.99. The first-order chi connectivity index (χ1) is 14.8. The van der Waals surface area contributed by atoms with E-state index >= 15 is 0 Å². The maximum atomic E-state index is 13.1. The summed E-state index contributed by atoms with van der Waals surface area (Å²) in [5.74, 6) is 0.995. The van der Waals surface area contributed by atoms with Crippen molar-refractivity contribution in [3.8, 4) is 5.75 Å². The van der Waals surface area contributed by atoms with Gasteiger partial charge in [-0.2, -0.15) is 0 Å². The van der Waals surface area contributed by atoms with Crippen LogP contribution >= 0.6 is 11.8 Å². The fourth-order valence-electron chi connectivity index (χ4n) is 2.90. The van der Waals surface area contributed by atoms with Gasteiger partial charge in [0, 0.05) is 18.3 Å². The van der Waals surface area contributed by atoms with Gasteiger partial charge >= 0.3 is 0 Å². The SMILES string of the molecule is CCC(C)NC(=O)C(C)N(Cc1ccc(OC)cc1)C(=O)CSCc1ccc(F)cc1. The van der Waals surface area contributed by atoms with E-state index in [1.165, 1.54) is 23.9 Å². The van der Waals surface area contributed by atoms with Crippen LogP contribution in [-0.4, -0.2) is 41.7 Å². The largest absolute Gasteiger partial charge is 0.497 e. The van der Waals surface area contributed by atoms with Crippen molar-refractivity contribution in [1.29, 1.82) is 0 Å². The topological polar surface area (TPSA) is 58.6 Å². The van der Waals surface area contributed by atoms with Crippen LogP contribution in [0.5, 0.6) is 5.75 Å². The molecule has 0 aliphatic rings. The van der Waals surface area contributed by atoms with Crippen molar-refractivity contribution in [2.45, 2.75) is 51.6 Å². The monoisotopic (exact) mass is 446 g/mol. The smallest absolute Gasteiger partial charge is 0.242 e. The summed E-state index contributed by atoms with van der Waals surface area (Å²) < 4.78 is 18.3. The zero-order valence-corrected chi connectivity index (χ0v) is 19.4. The molecule has 0 fully saturated rings. The molecule has 2 unspecified atom stereocenters. The number of amides is 2. The van der Waals surface area contributed by atoms with Crippen molar-refractivity contribution < 1.29 is 18.7 Å². The molecule has 0 bridgehead atoms. The number of nitrogens with one attached hydrogen (secondary N) is 1. The number of nitrogens with zero attached hydrogens (tertiary/aromatic N) is 1. The van der Waals surface area contributed by atoms with Crippen LogP contribution in [0.15, 0.2) is 48.5 Å². The number of methoxy groups -OCH3 is 1. The molecular formula is C24H31FN2O3S. The second-order valence-corrected chi connectivity index (χ2v) is 8.47. The molecule has 0 aliphatic carbocycles. The Morgan fingerprint density at radius 2 is 1.68 bits per heavy atom. The molecule has 2 atom stereocenters. The number of thioether (sulfide) groups is 1. The Labute approximate surface area is 188 Å². The summed E-state index contributed by atoms with van der Waals surface area (Å²) in [4.78, 5) is 27.4. The number of carbonyl (C=O) groups excluding carboxylic acids is 2. The minimum absolute atomic E-state index is 0.0424. The number of rotatable bonds is 11. The lowest BCUT2D eigenvalue weighted by atomic mass is 10.1. The second-order valence-electron chi connectivity index (χ2n) is 7.48. The van der Waals surface area contributed by atoms with Crippen molar-refractivity contribution in [3.63, 3.8) is 0 Å². The first-order valence-electron chi connectivity index (χ1n) is 10.4. The Balaban J connectivity index is 2.07. The first-order valence-corrected chi connectivity index (χ1v) is 11.5. The lowest BCUT2D eigenvalue weighted by molar-refractivity contribution is -0.138. The molecule has 0 saturated carbocycles. The predicted octanol–water partition coefficient (Wildman–Crippen LogP) is 4.40. The van der Waals surface area contributed by atoms with Gasteiger partial charge in [-0.15, -0.1) is 11.8 Å². The summed E-state index contributed by atoms with van der Waals surface area (Å²) in [7, 11) is 1.60. The fourth-order valence-corrected chi connectivity index (χ4v) is 3.77. The van der Waals surface area contributed by atoms with Crippen LogP contribution in [0, 0.1) is 5.82 Å². The maximum Gasteiger partial charge on any atom is 0.242 e. The number of carbonyl (C=O) groups is 2. The molecule has 2 aromatic rings. The third-order valence-corrected chi connectivity index (χ3v) is 6.08. The van der Waals surface area contributed by atoms with E-state index in [4.69, 9.17) is 4.74 Å². The van der Waals surface area contributed by atoms with Gasteiger partial charge in [-0.1, -0.05) is 31.2 Å². The Morgan fingerprint density at radius 1 is 1.06 bits per heavy atom. The average Bonchev–Trinajstić information content (AvgIpc) is 2.78. The summed E-state index contributed by atoms with van der Waals surface area (Å²) in [5.41, 5.74) is 1.87. The summed E-state index contributed by atoms with van der Waals surface area (Å²) in [6.07, 6.45) is 0.818. The number of benzene rings is 2. The minimum Gasteiger partial charge on any atom is -0.497 e. The van der Waals surface area contributed by atoms with E-state index in [9.17, 15) is 14.0 Å². The lowest BCUT2D eigenvalue weighted by Crippen LogP contribution is -2.50. The molecule has 2 amide bonds. The van der Waals surface area contributed by atoms with Gasteiger partial charge in [0.2, 0.25) is 11.8 Å². The summed E-state index contributed by atoms with van der Waals surface area (Å²) in [5, 5.41) is 2.96. The van der Waals surface area contributed by atoms with Crippen LogP contribution in [0.4, 0.5) is 4.39 Å². The van der Waals surface area contributed by atoms with Gasteiger partial charge in [-0.25, -0.2) is 4.39 Å². The molecule has 2 rings (SSSR count). The molecule has 168 valence electrons. The number of ether oxygens (including phenoxy) is 1. The van der Waals surface area contributed by atoms with Crippen molar-refractivity contribution in [2.24, 2.45) is 0 Å². The highest BCUT2D eigenvalue weighted by Crippen LogP contribution is 2.18. The van der Waals surface area contributed by atoms with Crippen LogP contribution in [0.3, 0.4) is 0 Å². The Bertz CT molecular complexity index is 843. The summed E-state index contributed by atoms with van der Waals surface area (Å²) in [6, 6.07) is 13.2. The van der Waals surface area contributed by atoms with E-state index in [-0.39, 0.29) is 29.4 Å². The van der Waals surface area contributed by atoms with Crippen molar-refractivity contribution in [3.05, 3.63) is 65.5 Å². The molecule has 1 N–H and O–H groups in total. The van der Waals surface area contributed by atoms with Gasteiger partial charge < -0.3 is 15.0 Å². The molecular weight excluding hydrogens is 415 g/mol. The van der Waals surface area contributed by atoms with Gasteiger partial charge in [0.05, 0.1) is 12.9 Å². The Kier molecular flexibility index (Phi) is 9.85. The van der Waals surface area contributed by atoms with E-state index in [0.29, 0.717) is 12.3 Å². The van der Waals surface area contributed by atoms with E-state index in [2.05, 4.69) is 5.32 Å². The van der Waals surface area contributed by atoms with Gasteiger partial charge in [-0.05, 0) is 55.7 Å². The van der Waals surface area contributed by atoms with Gasteiger partial charge in [-0.3, -0.25) is 9.59 Å². The maximum absolute atomic E-state index is 13.1. The van der Waals surface area contributed by atoms with E-state index in [1.807, 2.05) is 38.1 Å². The van der Waals surface area contributed by atoms with Crippen molar-refractivity contribution >= 4 is 23.6 Å². The minimum atomic E-state index is -0.602. The van der Waals surface area contributed by atoms with E-state index < -0.39 is 6.04 Å². The molecule has 0 heterocycles. The third-order valence-electron chi connectivity index (χ3n) is 5.09. The quantitative estimate of drug-likeness (QED) is 0.556. The van der Waals surface area contributed by atoms with Gasteiger partial charge in [0.25, 0.3) is 0 Å². The molecule has 2 aromatic carbocycles. The Hall–Kier alpha value is -2.54. The van der Waals surface area contributed by atoms with Crippen LogP contribution in [-0.2, 0) is 21.9 Å². The second kappa shape index (κ2) is 12.3. The third kappa shape index (κ3) is 7.90. The van der Waals surface area contributed by atoms with Gasteiger partial charge in [0.1, 0.15) is 17.6 Å². The zero-order chi connectivity index (χ0) is 22.8. The molecule has 0 saturated heterocycles. The zero-order valence-electron chi connectivity index (χ0n) is 18.6. The summed E-state index contributed by atoms with van der Waals surface area (Å²) in [6.45, 7) is 6.03. The molecule has 0 radical (unpaired) electrons. The highest BCUT2D eigenvalue weighted by Gasteiger charge is 2.26. The molecule has 0 aromatic heterocycles. The Morgan fingerprint density at radius 3 is 2.26 bits per heavy atom. The molecule has 0 spiro atoms. The van der Waals surface area contributed by atoms with Crippen LogP contribution < -0.4 is 10.1 Å². The first kappa shape index (κ1) is 24.7. The van der Waals surface area contributed by atoms with Crippen LogP contribution in [0.1, 0.15) is 38.3 Å². The van der Waals surface area contributed by atoms with Crippen molar-refractivity contribution in [2.75, 3.05) is 12.9 Å². The molecule has 0 aliphatic heterocycles. The van der Waals surface area contributed by atoms with E-state index in [0.717, 1.165) is 23.3 Å². The number of halogens is 1. The van der Waals surface area contributed by atoms with Crippen LogP contribution in [0.2, 0.25) is 0 Å². The van der Waals surface area contributed by atoms with Crippen molar-refractivity contribution in [1.82, 2.24) is 10.2 Å². The molecule has 5 nitrogen and oxygen atoms in total. The predicted molar refractivity (Wildman–Crippen MR) is 123 cm³/mol. The van der Waals surface area contributed by atoms with E-state index in [1.54, 1.807) is 31.1 Å². The summed E-state index contributed by atoms with van der Waals surface area (Å²) >= 11 is 1.45. The molecule has 31 heavy (non-hydrogen) atoms. The average molecular weight is 447 g/mol. The van der Waals surface area contributed by atoms with Crippen LogP contribution in [0.25, 0.3) is 0 Å². The normalized spacial score (nSPS) is 12.7. The standard InChI is InChI=1S/C24H31FN2O3S/c1-5-17(2)26-24(29)18(3)27(14-19-8-12-22(30-4)13-9-19)23(28)16-31-15-20-6-10-21(25)11-7-20/h6-13,17-18H,5,14-16H2,1-4H3,(H,26,29). The van der Waals surface area contributed by atoms with Gasteiger partial charge in [0.15, 0.2) is 0 Å². The number of hydrogen-bond acceptors (Lipinski definition) is 4. The number of hydrogen-bond donors (Lipinski definition) is 1.